The summed E-state index contributed by atoms with van der Waals surface area (Å²) in [5, 5.41) is 0. The summed E-state index contributed by atoms with van der Waals surface area (Å²) in [6.07, 6.45) is 2.30. The number of carbonyl (C=O) groups excluding carboxylic acids is 2. The Balaban J connectivity index is 1.39. The van der Waals surface area contributed by atoms with Crippen LogP contribution in [0.4, 0.5) is 0 Å². The van der Waals surface area contributed by atoms with E-state index in [2.05, 4.69) is 12.1 Å². The summed E-state index contributed by atoms with van der Waals surface area (Å²) in [6, 6.07) is 17.5. The lowest BCUT2D eigenvalue weighted by molar-refractivity contribution is -0.135. The van der Waals surface area contributed by atoms with Crippen LogP contribution in [-0.4, -0.2) is 68.1 Å². The number of hydrogen-bond donors (Lipinski definition) is 0. The minimum atomic E-state index is -0.438. The molecule has 2 amide bonds. The Morgan fingerprint density at radius 2 is 1.74 bits per heavy atom. The van der Waals surface area contributed by atoms with Gasteiger partial charge in [0.15, 0.2) is 0 Å². The van der Waals surface area contributed by atoms with Crippen molar-refractivity contribution in [2.24, 2.45) is 5.41 Å². The highest BCUT2D eigenvalue weighted by molar-refractivity contribution is 5.98. The molecule has 1 unspecified atom stereocenters. The molecule has 2 aromatic rings. The van der Waals surface area contributed by atoms with E-state index in [4.69, 9.17) is 9.47 Å². The van der Waals surface area contributed by atoms with Gasteiger partial charge in [0.2, 0.25) is 5.91 Å². The molecule has 2 saturated heterocycles. The van der Waals surface area contributed by atoms with E-state index in [1.165, 1.54) is 5.56 Å². The number of nitrogens with zero attached hydrogens (tertiary/aromatic N) is 2. The summed E-state index contributed by atoms with van der Waals surface area (Å²) in [6.45, 7) is 3.48. The van der Waals surface area contributed by atoms with Gasteiger partial charge in [0.1, 0.15) is 5.75 Å². The molecule has 0 bridgehead atoms. The highest BCUT2D eigenvalue weighted by atomic mass is 16.5. The summed E-state index contributed by atoms with van der Waals surface area (Å²) < 4.78 is 11.1. The van der Waals surface area contributed by atoms with E-state index >= 15 is 0 Å². The van der Waals surface area contributed by atoms with Gasteiger partial charge in [-0.2, -0.15) is 0 Å². The molecule has 6 nitrogen and oxygen atoms in total. The lowest BCUT2D eigenvalue weighted by Gasteiger charge is -2.24. The summed E-state index contributed by atoms with van der Waals surface area (Å²) in [7, 11) is 1.64. The van der Waals surface area contributed by atoms with E-state index in [0.717, 1.165) is 25.8 Å². The van der Waals surface area contributed by atoms with Gasteiger partial charge in [-0.05, 0) is 30.5 Å². The van der Waals surface area contributed by atoms with Gasteiger partial charge in [0, 0.05) is 39.7 Å². The van der Waals surface area contributed by atoms with E-state index in [1.54, 1.807) is 7.11 Å². The van der Waals surface area contributed by atoms with E-state index in [-0.39, 0.29) is 11.8 Å². The summed E-state index contributed by atoms with van der Waals surface area (Å²) >= 11 is 0. The van der Waals surface area contributed by atoms with Crippen LogP contribution in [-0.2, 0) is 16.0 Å². The van der Waals surface area contributed by atoms with Crippen LogP contribution in [0.1, 0.15) is 28.8 Å². The van der Waals surface area contributed by atoms with Crippen LogP contribution in [0.25, 0.3) is 0 Å². The van der Waals surface area contributed by atoms with Crippen molar-refractivity contribution in [3.63, 3.8) is 0 Å². The van der Waals surface area contributed by atoms with Crippen molar-refractivity contribution in [1.82, 2.24) is 9.80 Å². The molecule has 4 rings (SSSR count). The van der Waals surface area contributed by atoms with Crippen molar-refractivity contribution < 1.29 is 19.1 Å². The summed E-state index contributed by atoms with van der Waals surface area (Å²) in [5.41, 5.74) is 1.33. The number of amides is 2. The SMILES string of the molecule is COCCN1CCC2(CCN(C(=O)c3ccccc3OCCc3ccccc3)C2)C1=O. The molecule has 2 fully saturated rings. The van der Waals surface area contributed by atoms with Gasteiger partial charge in [0.05, 0.1) is 24.2 Å². The Morgan fingerprint density at radius 3 is 2.55 bits per heavy atom. The number of methoxy groups -OCH3 is 1. The van der Waals surface area contributed by atoms with Gasteiger partial charge >= 0.3 is 0 Å². The molecule has 2 aliphatic heterocycles. The Labute approximate surface area is 183 Å². The van der Waals surface area contributed by atoms with Crippen LogP contribution in [0.15, 0.2) is 54.6 Å². The monoisotopic (exact) mass is 422 g/mol. The third-order valence-electron chi connectivity index (χ3n) is 6.42. The molecule has 31 heavy (non-hydrogen) atoms. The second-order valence-corrected chi connectivity index (χ2v) is 8.37. The van der Waals surface area contributed by atoms with Crippen molar-refractivity contribution in [2.75, 3.05) is 46.5 Å². The fraction of sp³-hybridized carbons (Fsp3) is 0.440. The molecule has 0 radical (unpaired) electrons. The van der Waals surface area contributed by atoms with Crippen LogP contribution in [0.3, 0.4) is 0 Å². The molecule has 0 N–H and O–H groups in total. The van der Waals surface area contributed by atoms with Gasteiger partial charge in [-0.1, -0.05) is 42.5 Å². The number of benzene rings is 2. The lowest BCUT2D eigenvalue weighted by Crippen LogP contribution is -2.39. The molecule has 0 aliphatic carbocycles. The average molecular weight is 423 g/mol. The number of para-hydroxylation sites is 1. The largest absolute Gasteiger partial charge is 0.492 e. The van der Waals surface area contributed by atoms with Crippen LogP contribution < -0.4 is 4.74 Å². The molecule has 0 saturated carbocycles. The normalized spacial score (nSPS) is 20.6. The molecule has 6 heteroatoms. The first-order valence-corrected chi connectivity index (χ1v) is 11.0. The van der Waals surface area contributed by atoms with Crippen molar-refractivity contribution in [1.29, 1.82) is 0 Å². The minimum absolute atomic E-state index is 0.0599. The van der Waals surface area contributed by atoms with Gasteiger partial charge < -0.3 is 19.3 Å². The average Bonchev–Trinajstić information content (AvgIpc) is 3.37. The van der Waals surface area contributed by atoms with Crippen molar-refractivity contribution >= 4 is 11.8 Å². The van der Waals surface area contributed by atoms with Crippen LogP contribution in [0, 0.1) is 5.41 Å². The van der Waals surface area contributed by atoms with Gasteiger partial charge in [-0.3, -0.25) is 9.59 Å². The Kier molecular flexibility index (Phi) is 6.56. The molecule has 1 spiro atoms. The zero-order chi connectivity index (χ0) is 21.7. The van der Waals surface area contributed by atoms with Gasteiger partial charge in [-0.15, -0.1) is 0 Å². The standard InChI is InChI=1S/C25H30N2O4/c1-30-18-16-26-14-12-25(24(26)29)13-15-27(19-25)23(28)21-9-5-6-10-22(21)31-17-11-20-7-3-2-4-8-20/h2-10H,11-19H2,1H3. The van der Waals surface area contributed by atoms with Crippen molar-refractivity contribution in [2.45, 2.75) is 19.3 Å². The number of carbonyl (C=O) groups is 2. The summed E-state index contributed by atoms with van der Waals surface area (Å²) in [4.78, 5) is 30.0. The predicted octanol–water partition coefficient (Wildman–Crippen LogP) is 3.02. The van der Waals surface area contributed by atoms with E-state index < -0.39 is 5.41 Å². The number of ether oxygens (including phenoxy) is 2. The van der Waals surface area contributed by atoms with E-state index in [0.29, 0.717) is 44.2 Å². The fourth-order valence-corrected chi connectivity index (χ4v) is 4.60. The third-order valence-corrected chi connectivity index (χ3v) is 6.42. The quantitative estimate of drug-likeness (QED) is 0.656. The molecular formula is C25H30N2O4. The maximum Gasteiger partial charge on any atom is 0.257 e. The molecule has 164 valence electrons. The van der Waals surface area contributed by atoms with Gasteiger partial charge in [0.25, 0.3) is 5.91 Å². The topological polar surface area (TPSA) is 59.1 Å². The molecular weight excluding hydrogens is 392 g/mol. The maximum absolute atomic E-state index is 13.3. The highest BCUT2D eigenvalue weighted by Gasteiger charge is 2.51. The van der Waals surface area contributed by atoms with Crippen LogP contribution in [0.2, 0.25) is 0 Å². The fourth-order valence-electron chi connectivity index (χ4n) is 4.60. The molecule has 0 aromatic heterocycles. The minimum Gasteiger partial charge on any atom is -0.492 e. The zero-order valence-electron chi connectivity index (χ0n) is 18.1. The smallest absolute Gasteiger partial charge is 0.257 e. The zero-order valence-corrected chi connectivity index (χ0v) is 18.1. The Morgan fingerprint density at radius 1 is 1.00 bits per heavy atom. The molecule has 2 heterocycles. The van der Waals surface area contributed by atoms with Crippen molar-refractivity contribution in [3.8, 4) is 5.75 Å². The summed E-state index contributed by atoms with van der Waals surface area (Å²) in [5.74, 6) is 0.700. The Bertz CT molecular complexity index is 917. The third kappa shape index (κ3) is 4.59. The van der Waals surface area contributed by atoms with Crippen molar-refractivity contribution in [3.05, 3.63) is 65.7 Å². The number of hydrogen-bond acceptors (Lipinski definition) is 4. The van der Waals surface area contributed by atoms with Crippen LogP contribution >= 0.6 is 0 Å². The van der Waals surface area contributed by atoms with E-state index in [9.17, 15) is 9.59 Å². The number of likely N-dealkylation sites (tertiary alicyclic amines) is 2. The highest BCUT2D eigenvalue weighted by Crippen LogP contribution is 2.41. The first-order chi connectivity index (χ1) is 15.1. The molecule has 2 aromatic carbocycles. The Hall–Kier alpha value is -2.86. The lowest BCUT2D eigenvalue weighted by atomic mass is 9.85. The first-order valence-electron chi connectivity index (χ1n) is 11.0. The second kappa shape index (κ2) is 9.52. The first kappa shape index (κ1) is 21.4. The van der Waals surface area contributed by atoms with Gasteiger partial charge in [-0.25, -0.2) is 0 Å². The van der Waals surface area contributed by atoms with Crippen LogP contribution in [0.5, 0.6) is 5.75 Å². The predicted molar refractivity (Wildman–Crippen MR) is 118 cm³/mol. The number of rotatable bonds is 8. The second-order valence-electron chi connectivity index (χ2n) is 8.37. The maximum atomic E-state index is 13.3. The molecule has 2 aliphatic rings. The van der Waals surface area contributed by atoms with E-state index in [1.807, 2.05) is 52.3 Å². The molecule has 1 atom stereocenters.